The molecule has 11 heteroatoms. The van der Waals surface area contributed by atoms with Crippen molar-refractivity contribution in [3.63, 3.8) is 0 Å². The van der Waals surface area contributed by atoms with Crippen molar-refractivity contribution >= 4 is 17.6 Å². The van der Waals surface area contributed by atoms with Gasteiger partial charge in [-0.05, 0) is 68.0 Å². The highest BCUT2D eigenvalue weighted by Crippen LogP contribution is 2.39. The number of allylic oxidation sites excluding steroid dienone is 2. The van der Waals surface area contributed by atoms with Crippen molar-refractivity contribution in [3.05, 3.63) is 81.6 Å². The SMILES string of the molecule is CCOC(=O)c1ccc(C(=N)C2=C(NC(=O)c3c(C(F)(F)F)cccc3C(F)(F)F)CCCC2)cc1. The fourth-order valence-corrected chi connectivity index (χ4v) is 3.95. The highest BCUT2D eigenvalue weighted by atomic mass is 19.4. The first-order valence-electron chi connectivity index (χ1n) is 11.0. The summed E-state index contributed by atoms with van der Waals surface area (Å²) in [6.07, 6.45) is -8.77. The quantitative estimate of drug-likeness (QED) is 0.263. The van der Waals surface area contributed by atoms with E-state index >= 15 is 0 Å². The van der Waals surface area contributed by atoms with Gasteiger partial charge in [0.1, 0.15) is 0 Å². The number of amides is 1. The number of halogens is 6. The molecule has 192 valence electrons. The van der Waals surface area contributed by atoms with Gasteiger partial charge in [0.25, 0.3) is 5.91 Å². The van der Waals surface area contributed by atoms with Gasteiger partial charge >= 0.3 is 18.3 Å². The molecular weight excluding hydrogens is 490 g/mol. The molecule has 0 aromatic heterocycles. The molecule has 2 N–H and O–H groups in total. The molecule has 0 aliphatic heterocycles. The van der Waals surface area contributed by atoms with Crippen LogP contribution in [-0.4, -0.2) is 24.2 Å². The van der Waals surface area contributed by atoms with Gasteiger partial charge in [-0.25, -0.2) is 4.79 Å². The second kappa shape index (κ2) is 10.5. The summed E-state index contributed by atoms with van der Waals surface area (Å²) < 4.78 is 85.9. The van der Waals surface area contributed by atoms with E-state index in [0.717, 1.165) is 0 Å². The van der Waals surface area contributed by atoms with Crippen LogP contribution in [0.2, 0.25) is 0 Å². The van der Waals surface area contributed by atoms with Gasteiger partial charge in [0.05, 0.1) is 34.6 Å². The number of ether oxygens (including phenoxy) is 1. The molecule has 1 amide bonds. The molecule has 0 unspecified atom stereocenters. The van der Waals surface area contributed by atoms with E-state index in [9.17, 15) is 35.9 Å². The Bertz CT molecular complexity index is 1170. The zero-order chi connectivity index (χ0) is 26.7. The second-order valence-electron chi connectivity index (χ2n) is 8.01. The van der Waals surface area contributed by atoms with E-state index in [1.165, 1.54) is 24.3 Å². The van der Waals surface area contributed by atoms with Crippen LogP contribution in [-0.2, 0) is 17.1 Å². The number of esters is 1. The Kier molecular flexibility index (Phi) is 7.90. The molecule has 0 saturated carbocycles. The smallest absolute Gasteiger partial charge is 0.417 e. The number of alkyl halides is 6. The topological polar surface area (TPSA) is 79.2 Å². The van der Waals surface area contributed by atoms with Crippen molar-refractivity contribution in [3.8, 4) is 0 Å². The summed E-state index contributed by atoms with van der Waals surface area (Å²) in [5.74, 6) is -2.10. The lowest BCUT2D eigenvalue weighted by Crippen LogP contribution is -2.31. The fraction of sp³-hybridized carbons (Fsp3) is 0.320. The van der Waals surface area contributed by atoms with E-state index in [1.807, 2.05) is 0 Å². The van der Waals surface area contributed by atoms with Crippen LogP contribution in [0.5, 0.6) is 0 Å². The molecule has 0 fully saturated rings. The Hall–Kier alpha value is -3.63. The first-order valence-corrected chi connectivity index (χ1v) is 11.0. The lowest BCUT2D eigenvalue weighted by atomic mass is 9.89. The molecule has 2 aromatic rings. The molecule has 1 aliphatic rings. The van der Waals surface area contributed by atoms with Crippen molar-refractivity contribution < 1.29 is 40.7 Å². The maximum Gasteiger partial charge on any atom is 0.417 e. The van der Waals surface area contributed by atoms with Crippen molar-refractivity contribution in [2.24, 2.45) is 0 Å². The number of hydrogen-bond acceptors (Lipinski definition) is 4. The molecular formula is C25H22F6N2O3. The molecule has 36 heavy (non-hydrogen) atoms. The summed E-state index contributed by atoms with van der Waals surface area (Å²) >= 11 is 0. The third-order valence-electron chi connectivity index (χ3n) is 5.62. The second-order valence-corrected chi connectivity index (χ2v) is 8.01. The summed E-state index contributed by atoms with van der Waals surface area (Å²) in [5.41, 5.74) is -3.95. The van der Waals surface area contributed by atoms with Gasteiger partial charge in [-0.15, -0.1) is 0 Å². The minimum atomic E-state index is -5.19. The summed E-state index contributed by atoms with van der Waals surface area (Å²) in [6, 6.07) is 7.30. The van der Waals surface area contributed by atoms with Crippen molar-refractivity contribution in [1.29, 1.82) is 5.41 Å². The lowest BCUT2D eigenvalue weighted by Gasteiger charge is -2.24. The van der Waals surface area contributed by atoms with Crippen LogP contribution < -0.4 is 5.32 Å². The lowest BCUT2D eigenvalue weighted by molar-refractivity contribution is -0.143. The molecule has 5 nitrogen and oxygen atoms in total. The van der Waals surface area contributed by atoms with Crippen LogP contribution in [0.3, 0.4) is 0 Å². The Morgan fingerprint density at radius 2 is 1.42 bits per heavy atom. The predicted octanol–water partition coefficient (Wildman–Crippen LogP) is 6.53. The molecule has 1 aliphatic carbocycles. The van der Waals surface area contributed by atoms with Gasteiger partial charge in [0, 0.05) is 5.70 Å². The van der Waals surface area contributed by atoms with Crippen molar-refractivity contribution in [2.45, 2.75) is 45.0 Å². The third kappa shape index (κ3) is 5.95. The Balaban J connectivity index is 1.98. The molecule has 0 spiro atoms. The largest absolute Gasteiger partial charge is 0.462 e. The first kappa shape index (κ1) is 27.0. The predicted molar refractivity (Wildman–Crippen MR) is 119 cm³/mol. The molecule has 0 atom stereocenters. The zero-order valence-corrected chi connectivity index (χ0v) is 19.1. The minimum Gasteiger partial charge on any atom is -0.462 e. The highest BCUT2D eigenvalue weighted by Gasteiger charge is 2.43. The van der Waals surface area contributed by atoms with E-state index in [4.69, 9.17) is 10.1 Å². The first-order chi connectivity index (χ1) is 16.8. The van der Waals surface area contributed by atoms with E-state index in [1.54, 1.807) is 6.92 Å². The van der Waals surface area contributed by atoms with Crippen LogP contribution >= 0.6 is 0 Å². The Labute approximate surface area is 202 Å². The normalized spacial score (nSPS) is 14.4. The van der Waals surface area contributed by atoms with Gasteiger partial charge in [-0.2, -0.15) is 26.3 Å². The van der Waals surface area contributed by atoms with Gasteiger partial charge < -0.3 is 10.1 Å². The van der Waals surface area contributed by atoms with Crippen LogP contribution in [0.25, 0.3) is 0 Å². The van der Waals surface area contributed by atoms with Gasteiger partial charge in [-0.1, -0.05) is 18.2 Å². The highest BCUT2D eigenvalue weighted by molar-refractivity contribution is 6.12. The van der Waals surface area contributed by atoms with Gasteiger partial charge in [-0.3, -0.25) is 10.2 Å². The fourth-order valence-electron chi connectivity index (χ4n) is 3.95. The number of hydrogen-bond donors (Lipinski definition) is 2. The average molecular weight is 512 g/mol. The summed E-state index contributed by atoms with van der Waals surface area (Å²) in [6.45, 7) is 1.83. The van der Waals surface area contributed by atoms with Crippen molar-refractivity contribution in [1.82, 2.24) is 5.32 Å². The number of nitrogens with one attached hydrogen (secondary N) is 2. The van der Waals surface area contributed by atoms with Crippen molar-refractivity contribution in [2.75, 3.05) is 6.61 Å². The number of benzene rings is 2. The monoisotopic (exact) mass is 512 g/mol. The van der Waals surface area contributed by atoms with Gasteiger partial charge in [0.2, 0.25) is 0 Å². The van der Waals surface area contributed by atoms with Gasteiger partial charge in [0.15, 0.2) is 0 Å². The van der Waals surface area contributed by atoms with E-state index < -0.39 is 40.9 Å². The van der Waals surface area contributed by atoms with Crippen LogP contribution in [0.15, 0.2) is 53.7 Å². The van der Waals surface area contributed by atoms with E-state index in [-0.39, 0.29) is 30.0 Å². The third-order valence-corrected chi connectivity index (χ3v) is 5.62. The molecule has 3 rings (SSSR count). The summed E-state index contributed by atoms with van der Waals surface area (Å²) in [4.78, 5) is 24.7. The average Bonchev–Trinajstić information content (AvgIpc) is 2.82. The van der Waals surface area contributed by atoms with E-state index in [2.05, 4.69) is 5.32 Å². The minimum absolute atomic E-state index is 0.0550. The Morgan fingerprint density at radius 1 is 0.889 bits per heavy atom. The number of carbonyl (C=O) groups is 2. The Morgan fingerprint density at radius 3 is 1.94 bits per heavy atom. The molecule has 0 radical (unpaired) electrons. The summed E-state index contributed by atoms with van der Waals surface area (Å²) in [5, 5.41) is 10.8. The zero-order valence-electron chi connectivity index (χ0n) is 19.1. The number of carbonyl (C=O) groups excluding carboxylic acids is 2. The molecule has 0 heterocycles. The van der Waals surface area contributed by atoms with Crippen LogP contribution in [0.1, 0.15) is 70.0 Å². The maximum absolute atomic E-state index is 13.5. The molecule has 0 saturated heterocycles. The van der Waals surface area contributed by atoms with E-state index in [0.29, 0.717) is 48.6 Å². The number of rotatable bonds is 6. The maximum atomic E-state index is 13.5. The molecule has 0 bridgehead atoms. The summed E-state index contributed by atoms with van der Waals surface area (Å²) in [7, 11) is 0. The standard InChI is InChI=1S/C25H22F6N2O3/c1-2-36-23(35)15-12-10-14(11-13-15)21(32)16-6-3-4-9-19(16)33-22(34)20-17(24(26,27)28)7-5-8-18(20)25(29,30)31/h5,7-8,10-13,32H,2-4,6,9H2,1H3,(H,33,34). The molecule has 2 aromatic carbocycles. The van der Waals surface area contributed by atoms with Crippen LogP contribution in [0.4, 0.5) is 26.3 Å². The van der Waals surface area contributed by atoms with Crippen LogP contribution in [0, 0.1) is 5.41 Å².